The first-order valence-corrected chi connectivity index (χ1v) is 8.65. The lowest BCUT2D eigenvalue weighted by molar-refractivity contribution is -0.0703. The van der Waals surface area contributed by atoms with Crippen molar-refractivity contribution in [1.29, 1.82) is 0 Å². The zero-order valence-electron chi connectivity index (χ0n) is 10.8. The van der Waals surface area contributed by atoms with E-state index >= 15 is 0 Å². The SMILES string of the molecule is Cc1csc(CNC2CCOC3(CCSC3)C2)n1. The van der Waals surface area contributed by atoms with Crippen molar-refractivity contribution in [3.63, 3.8) is 0 Å². The van der Waals surface area contributed by atoms with Crippen LogP contribution in [0.5, 0.6) is 0 Å². The van der Waals surface area contributed by atoms with E-state index < -0.39 is 0 Å². The lowest BCUT2D eigenvalue weighted by Crippen LogP contribution is -2.47. The van der Waals surface area contributed by atoms with Crippen LogP contribution >= 0.6 is 23.1 Å². The minimum absolute atomic E-state index is 0.180. The zero-order valence-corrected chi connectivity index (χ0v) is 12.4. The third-order valence-electron chi connectivity index (χ3n) is 3.77. The number of nitrogens with zero attached hydrogens (tertiary/aromatic N) is 1. The maximum Gasteiger partial charge on any atom is 0.107 e. The molecule has 2 saturated heterocycles. The number of hydrogen-bond donors (Lipinski definition) is 1. The van der Waals surface area contributed by atoms with Crippen LogP contribution in [0.4, 0.5) is 0 Å². The monoisotopic (exact) mass is 284 g/mol. The van der Waals surface area contributed by atoms with Crippen LogP contribution in [-0.2, 0) is 11.3 Å². The van der Waals surface area contributed by atoms with Gasteiger partial charge >= 0.3 is 0 Å². The third kappa shape index (κ3) is 2.90. The fourth-order valence-corrected chi connectivity index (χ4v) is 4.88. The van der Waals surface area contributed by atoms with Crippen molar-refractivity contribution in [2.45, 2.75) is 44.4 Å². The van der Waals surface area contributed by atoms with Gasteiger partial charge in [-0.25, -0.2) is 4.98 Å². The summed E-state index contributed by atoms with van der Waals surface area (Å²) in [7, 11) is 0. The molecule has 1 N–H and O–H groups in total. The molecule has 1 aromatic heterocycles. The fourth-order valence-electron chi connectivity index (χ4n) is 2.78. The van der Waals surface area contributed by atoms with Crippen molar-refractivity contribution < 1.29 is 4.74 Å². The summed E-state index contributed by atoms with van der Waals surface area (Å²) in [6, 6.07) is 0.599. The van der Waals surface area contributed by atoms with Gasteiger partial charge in [0.05, 0.1) is 5.60 Å². The molecular formula is C13H20N2OS2. The minimum atomic E-state index is 0.180. The summed E-state index contributed by atoms with van der Waals surface area (Å²) < 4.78 is 6.04. The Morgan fingerprint density at radius 1 is 1.61 bits per heavy atom. The van der Waals surface area contributed by atoms with Crippen molar-refractivity contribution >= 4 is 23.1 Å². The molecule has 0 radical (unpaired) electrons. The highest BCUT2D eigenvalue weighted by atomic mass is 32.2. The number of ether oxygens (including phenoxy) is 1. The molecule has 1 aromatic rings. The molecule has 5 heteroatoms. The van der Waals surface area contributed by atoms with E-state index in [1.54, 1.807) is 11.3 Å². The van der Waals surface area contributed by atoms with Gasteiger partial charge in [-0.15, -0.1) is 11.3 Å². The number of rotatable bonds is 3. The molecule has 0 amide bonds. The van der Waals surface area contributed by atoms with Gasteiger partial charge in [0, 0.05) is 36.0 Å². The highest BCUT2D eigenvalue weighted by Crippen LogP contribution is 2.38. The number of thiazole rings is 1. The number of hydrogen-bond acceptors (Lipinski definition) is 5. The van der Waals surface area contributed by atoms with Crippen LogP contribution in [0.3, 0.4) is 0 Å². The molecule has 0 bridgehead atoms. The molecule has 18 heavy (non-hydrogen) atoms. The van der Waals surface area contributed by atoms with E-state index in [9.17, 15) is 0 Å². The van der Waals surface area contributed by atoms with Crippen molar-refractivity contribution in [3.05, 3.63) is 16.1 Å². The Hall–Kier alpha value is -0.100. The highest BCUT2D eigenvalue weighted by Gasteiger charge is 2.40. The van der Waals surface area contributed by atoms with Crippen LogP contribution in [0.1, 0.15) is 30.0 Å². The number of thioether (sulfide) groups is 1. The molecule has 3 heterocycles. The Kier molecular flexibility index (Phi) is 3.94. The van der Waals surface area contributed by atoms with Crippen molar-refractivity contribution in [2.24, 2.45) is 0 Å². The van der Waals surface area contributed by atoms with Crippen LogP contribution in [0.2, 0.25) is 0 Å². The standard InChI is InChI=1S/C13H20N2OS2/c1-10-8-18-12(15-10)7-14-11-2-4-16-13(6-11)3-5-17-9-13/h8,11,14H,2-7,9H2,1H3. The topological polar surface area (TPSA) is 34.1 Å². The van der Waals surface area contributed by atoms with Gasteiger partial charge in [0.2, 0.25) is 0 Å². The van der Waals surface area contributed by atoms with E-state index in [0.29, 0.717) is 6.04 Å². The van der Waals surface area contributed by atoms with Crippen LogP contribution in [0.15, 0.2) is 5.38 Å². The summed E-state index contributed by atoms with van der Waals surface area (Å²) in [6.07, 6.45) is 3.54. The molecule has 0 saturated carbocycles. The van der Waals surface area contributed by atoms with E-state index in [-0.39, 0.29) is 5.60 Å². The van der Waals surface area contributed by atoms with E-state index in [1.165, 1.54) is 29.4 Å². The number of aryl methyl sites for hydroxylation is 1. The Bertz CT molecular complexity index is 401. The highest BCUT2D eigenvalue weighted by molar-refractivity contribution is 7.99. The van der Waals surface area contributed by atoms with E-state index in [2.05, 4.69) is 22.6 Å². The fraction of sp³-hybridized carbons (Fsp3) is 0.769. The van der Waals surface area contributed by atoms with Crippen LogP contribution in [0, 0.1) is 6.92 Å². The van der Waals surface area contributed by atoms with Gasteiger partial charge in [-0.2, -0.15) is 11.8 Å². The quantitative estimate of drug-likeness (QED) is 0.925. The molecule has 2 aliphatic rings. The van der Waals surface area contributed by atoms with Gasteiger partial charge in [0.25, 0.3) is 0 Å². The molecule has 0 aromatic carbocycles. The molecule has 2 unspecified atom stereocenters. The zero-order chi connectivity index (χ0) is 12.4. The Labute approximate surface area is 117 Å². The second kappa shape index (κ2) is 5.49. The second-order valence-electron chi connectivity index (χ2n) is 5.29. The molecule has 2 aliphatic heterocycles. The number of nitrogens with one attached hydrogen (secondary N) is 1. The van der Waals surface area contributed by atoms with Crippen molar-refractivity contribution in [2.75, 3.05) is 18.1 Å². The van der Waals surface area contributed by atoms with Crippen LogP contribution in [-0.4, -0.2) is 34.7 Å². The van der Waals surface area contributed by atoms with Crippen LogP contribution in [0.25, 0.3) is 0 Å². The first-order chi connectivity index (χ1) is 8.76. The average Bonchev–Trinajstić information content (AvgIpc) is 2.97. The van der Waals surface area contributed by atoms with Gasteiger partial charge in [-0.05, 0) is 31.9 Å². The van der Waals surface area contributed by atoms with E-state index in [4.69, 9.17) is 4.74 Å². The Balaban J connectivity index is 1.53. The molecule has 3 nitrogen and oxygen atoms in total. The van der Waals surface area contributed by atoms with Gasteiger partial charge in [0.1, 0.15) is 5.01 Å². The first kappa shape index (κ1) is 12.9. The predicted octanol–water partition coefficient (Wildman–Crippen LogP) is 2.60. The molecule has 3 rings (SSSR count). The van der Waals surface area contributed by atoms with Crippen molar-refractivity contribution in [3.8, 4) is 0 Å². The maximum absolute atomic E-state index is 6.04. The predicted molar refractivity (Wildman–Crippen MR) is 77.3 cm³/mol. The first-order valence-electron chi connectivity index (χ1n) is 6.62. The summed E-state index contributed by atoms with van der Waals surface area (Å²) >= 11 is 3.79. The van der Waals surface area contributed by atoms with Crippen molar-refractivity contribution in [1.82, 2.24) is 10.3 Å². The van der Waals surface area contributed by atoms with E-state index in [0.717, 1.165) is 25.3 Å². The normalized spacial score (nSPS) is 32.2. The summed E-state index contributed by atoms with van der Waals surface area (Å²) in [6.45, 7) is 3.88. The molecule has 100 valence electrons. The minimum Gasteiger partial charge on any atom is -0.374 e. The van der Waals surface area contributed by atoms with Crippen LogP contribution < -0.4 is 5.32 Å². The molecule has 0 aliphatic carbocycles. The average molecular weight is 284 g/mol. The molecule has 2 fully saturated rings. The molecule has 1 spiro atoms. The second-order valence-corrected chi connectivity index (χ2v) is 7.34. The Morgan fingerprint density at radius 3 is 3.28 bits per heavy atom. The largest absolute Gasteiger partial charge is 0.374 e. The summed E-state index contributed by atoms with van der Waals surface area (Å²) in [5.41, 5.74) is 1.31. The van der Waals surface area contributed by atoms with Gasteiger partial charge < -0.3 is 10.1 Å². The van der Waals surface area contributed by atoms with Gasteiger partial charge in [0.15, 0.2) is 0 Å². The lowest BCUT2D eigenvalue weighted by atomic mass is 9.90. The number of aromatic nitrogens is 1. The molecule has 2 atom stereocenters. The van der Waals surface area contributed by atoms with E-state index in [1.807, 2.05) is 11.8 Å². The smallest absolute Gasteiger partial charge is 0.107 e. The molecular weight excluding hydrogens is 264 g/mol. The summed E-state index contributed by atoms with van der Waals surface area (Å²) in [4.78, 5) is 4.50. The summed E-state index contributed by atoms with van der Waals surface area (Å²) in [5.74, 6) is 2.44. The summed E-state index contributed by atoms with van der Waals surface area (Å²) in [5, 5.41) is 6.98. The third-order valence-corrected chi connectivity index (χ3v) is 5.96. The Morgan fingerprint density at radius 2 is 2.56 bits per heavy atom. The van der Waals surface area contributed by atoms with Gasteiger partial charge in [-0.1, -0.05) is 0 Å². The lowest BCUT2D eigenvalue weighted by Gasteiger charge is -2.38. The van der Waals surface area contributed by atoms with Gasteiger partial charge in [-0.3, -0.25) is 0 Å². The maximum atomic E-state index is 6.04.